The van der Waals surface area contributed by atoms with Crippen LogP contribution in [0.3, 0.4) is 0 Å². The maximum atomic E-state index is 13.4. The zero-order valence-corrected chi connectivity index (χ0v) is 21.3. The summed E-state index contributed by atoms with van der Waals surface area (Å²) in [5.41, 5.74) is 4.02. The summed E-state index contributed by atoms with van der Waals surface area (Å²) in [5.74, 6) is 0.267. The second-order valence-electron chi connectivity index (χ2n) is 9.60. The average molecular weight is 524 g/mol. The fourth-order valence-corrected chi connectivity index (χ4v) is 5.85. The Morgan fingerprint density at radius 2 is 1.73 bits per heavy atom. The molecule has 0 spiro atoms. The Bertz CT molecular complexity index is 1500. The number of fused-ring (bicyclic) bond motifs is 1. The highest BCUT2D eigenvalue weighted by molar-refractivity contribution is 7.89. The van der Waals surface area contributed by atoms with Crippen LogP contribution in [0.4, 0.5) is 0 Å². The maximum Gasteiger partial charge on any atom is 0.321 e. The highest BCUT2D eigenvalue weighted by Crippen LogP contribution is 2.51. The van der Waals surface area contributed by atoms with Crippen LogP contribution in [0.15, 0.2) is 65.6 Å². The molecule has 0 saturated heterocycles. The number of benzene rings is 3. The number of sulfonamides is 1. The summed E-state index contributed by atoms with van der Waals surface area (Å²) in [4.78, 5) is 24.4. The molecule has 9 heteroatoms. The Balaban J connectivity index is 0.00000336. The number of hydrogen-bond acceptors (Lipinski definition) is 6. The summed E-state index contributed by atoms with van der Waals surface area (Å²) in [5, 5.41) is 9.00. The number of carbonyl (C=O) groups is 2. The Kier molecular flexibility index (Phi) is 6.29. The zero-order chi connectivity index (χ0) is 26.4. The third-order valence-electron chi connectivity index (χ3n) is 7.05. The minimum absolute atomic E-state index is 0. The molecule has 37 heavy (non-hydrogen) atoms. The predicted molar refractivity (Wildman–Crippen MR) is 138 cm³/mol. The monoisotopic (exact) mass is 523 g/mol. The molecular formula is C28H29NO7S. The largest absolute Gasteiger partial charge is 0.480 e. The summed E-state index contributed by atoms with van der Waals surface area (Å²) in [7, 11) is -3.97. The average Bonchev–Trinajstić information content (AvgIpc) is 3.55. The summed E-state index contributed by atoms with van der Waals surface area (Å²) >= 11 is 0. The van der Waals surface area contributed by atoms with E-state index in [1.165, 1.54) is 19.1 Å². The number of carboxylic acids is 1. The molecular weight excluding hydrogens is 494 g/mol. The van der Waals surface area contributed by atoms with Gasteiger partial charge in [0.05, 0.1) is 10.3 Å². The van der Waals surface area contributed by atoms with Crippen LogP contribution in [0.1, 0.15) is 37.9 Å². The first-order valence-corrected chi connectivity index (χ1v) is 13.5. The van der Waals surface area contributed by atoms with Crippen molar-refractivity contribution in [2.45, 2.75) is 49.5 Å². The molecule has 1 aliphatic carbocycles. The van der Waals surface area contributed by atoms with Crippen LogP contribution in [-0.2, 0) is 31.4 Å². The molecule has 1 aliphatic heterocycles. The molecule has 0 radical (unpaired) electrons. The van der Waals surface area contributed by atoms with Gasteiger partial charge in [0, 0.05) is 7.85 Å². The molecule has 0 aromatic heterocycles. The number of aliphatic carboxylic acids is 1. The molecule has 0 amide bonds. The van der Waals surface area contributed by atoms with Gasteiger partial charge in [-0.15, -0.1) is 0 Å². The minimum Gasteiger partial charge on any atom is -0.480 e. The number of Topliss-reactive ketones (excluding diaryl/α,β-unsaturated/α-hetero) is 1. The SMILES string of the molecule is Cc1ccc(CC(=O)C2(c3ccc4c(c3)OCO4)CC2)cc1-c1ccc(S(=O)(=O)N[C@@H](C)C(=O)O)cc1.[HH]. The first-order valence-electron chi connectivity index (χ1n) is 12.0. The summed E-state index contributed by atoms with van der Waals surface area (Å²) in [6, 6.07) is 16.6. The first-order chi connectivity index (χ1) is 17.6. The molecule has 1 heterocycles. The Hall–Kier alpha value is -3.69. The predicted octanol–water partition coefficient (Wildman–Crippen LogP) is 4.23. The number of nitrogens with one attached hydrogen (secondary N) is 1. The van der Waals surface area contributed by atoms with Crippen molar-refractivity contribution in [1.82, 2.24) is 4.72 Å². The van der Waals surface area contributed by atoms with Gasteiger partial charge in [0.25, 0.3) is 0 Å². The van der Waals surface area contributed by atoms with Gasteiger partial charge in [0.2, 0.25) is 16.8 Å². The standard InChI is InChI=1S/C28H27NO7S.H2/c1-17-3-4-19(14-26(30)28(11-12-28)21-7-10-24-25(15-21)36-16-35-24)13-23(17)20-5-8-22(9-6-20)37(33,34)29-18(2)27(31)32;/h3-10,13,15,18,29H,11-12,14,16H2,1-2H3,(H,31,32);1H/t18-;/m0./s1. The van der Waals surface area contributed by atoms with E-state index in [0.717, 1.165) is 40.7 Å². The van der Waals surface area contributed by atoms with Gasteiger partial charge in [-0.25, -0.2) is 8.42 Å². The Morgan fingerprint density at radius 3 is 2.41 bits per heavy atom. The molecule has 0 unspecified atom stereocenters. The van der Waals surface area contributed by atoms with Gasteiger partial charge in [-0.2, -0.15) is 4.72 Å². The third kappa shape index (κ3) is 4.84. The first kappa shape index (κ1) is 25.0. The fraction of sp³-hybridized carbons (Fsp3) is 0.286. The van der Waals surface area contributed by atoms with E-state index in [9.17, 15) is 18.0 Å². The highest BCUT2D eigenvalue weighted by atomic mass is 32.2. The lowest BCUT2D eigenvalue weighted by Crippen LogP contribution is -2.38. The molecule has 3 aromatic rings. The van der Waals surface area contributed by atoms with Crippen molar-refractivity contribution in [3.8, 4) is 22.6 Å². The summed E-state index contributed by atoms with van der Waals surface area (Å²) in [6.07, 6.45) is 1.88. The van der Waals surface area contributed by atoms with Crippen molar-refractivity contribution in [3.63, 3.8) is 0 Å². The van der Waals surface area contributed by atoms with Gasteiger partial charge in [-0.1, -0.05) is 36.4 Å². The van der Waals surface area contributed by atoms with Crippen molar-refractivity contribution in [2.75, 3.05) is 6.79 Å². The van der Waals surface area contributed by atoms with Gasteiger partial charge < -0.3 is 14.6 Å². The van der Waals surface area contributed by atoms with E-state index >= 15 is 0 Å². The van der Waals surface area contributed by atoms with Crippen LogP contribution in [-0.4, -0.2) is 38.1 Å². The second-order valence-corrected chi connectivity index (χ2v) is 11.3. The molecule has 1 atom stereocenters. The third-order valence-corrected chi connectivity index (χ3v) is 8.61. The van der Waals surface area contributed by atoms with Gasteiger partial charge in [-0.05, 0) is 78.8 Å². The van der Waals surface area contributed by atoms with E-state index in [4.69, 9.17) is 14.6 Å². The van der Waals surface area contributed by atoms with Crippen LogP contribution >= 0.6 is 0 Å². The van der Waals surface area contributed by atoms with Crippen molar-refractivity contribution in [3.05, 3.63) is 77.4 Å². The number of carbonyl (C=O) groups excluding carboxylic acids is 1. The summed E-state index contributed by atoms with van der Waals surface area (Å²) < 4.78 is 38.0. The molecule has 2 N–H and O–H groups in total. The van der Waals surface area contributed by atoms with Gasteiger partial charge >= 0.3 is 5.97 Å². The molecule has 8 nitrogen and oxygen atoms in total. The molecule has 0 bridgehead atoms. The van der Waals surface area contributed by atoms with Crippen LogP contribution < -0.4 is 14.2 Å². The number of ether oxygens (including phenoxy) is 2. The van der Waals surface area contributed by atoms with Crippen LogP contribution in [0.2, 0.25) is 0 Å². The maximum absolute atomic E-state index is 13.4. The molecule has 1 fully saturated rings. The number of ketones is 1. The number of hydrogen-bond donors (Lipinski definition) is 2. The molecule has 3 aromatic carbocycles. The number of aryl methyl sites for hydroxylation is 1. The topological polar surface area (TPSA) is 119 Å². The minimum atomic E-state index is -3.97. The van der Waals surface area contributed by atoms with Crippen LogP contribution in [0.5, 0.6) is 11.5 Å². The van der Waals surface area contributed by atoms with Crippen LogP contribution in [0, 0.1) is 6.92 Å². The van der Waals surface area contributed by atoms with E-state index < -0.39 is 27.4 Å². The lowest BCUT2D eigenvalue weighted by atomic mass is 9.87. The van der Waals surface area contributed by atoms with E-state index in [0.29, 0.717) is 11.5 Å². The van der Waals surface area contributed by atoms with Crippen molar-refractivity contribution in [1.29, 1.82) is 0 Å². The normalized spacial score (nSPS) is 16.3. The number of carboxylic acid groups (broad SMARTS) is 1. The van der Waals surface area contributed by atoms with E-state index in [-0.39, 0.29) is 25.3 Å². The number of rotatable bonds is 9. The van der Waals surface area contributed by atoms with E-state index in [1.54, 1.807) is 12.1 Å². The Labute approximate surface area is 216 Å². The second kappa shape index (κ2) is 9.32. The molecule has 5 rings (SSSR count). The molecule has 2 aliphatic rings. The lowest BCUT2D eigenvalue weighted by Gasteiger charge is -2.16. The van der Waals surface area contributed by atoms with E-state index in [2.05, 4.69) is 4.72 Å². The zero-order valence-electron chi connectivity index (χ0n) is 20.5. The fourth-order valence-electron chi connectivity index (χ4n) is 4.66. The lowest BCUT2D eigenvalue weighted by molar-refractivity contribution is -0.138. The van der Waals surface area contributed by atoms with Gasteiger partial charge in [0.15, 0.2) is 11.5 Å². The van der Waals surface area contributed by atoms with Gasteiger partial charge in [-0.3, -0.25) is 9.59 Å². The summed E-state index contributed by atoms with van der Waals surface area (Å²) in [6.45, 7) is 3.41. The molecule has 194 valence electrons. The smallest absolute Gasteiger partial charge is 0.321 e. The molecule has 1 saturated carbocycles. The van der Waals surface area contributed by atoms with Crippen molar-refractivity contribution < 1.29 is 34.0 Å². The van der Waals surface area contributed by atoms with Crippen molar-refractivity contribution >= 4 is 21.8 Å². The van der Waals surface area contributed by atoms with Crippen molar-refractivity contribution in [2.24, 2.45) is 0 Å². The Morgan fingerprint density at radius 1 is 1.03 bits per heavy atom. The van der Waals surface area contributed by atoms with Crippen LogP contribution in [0.25, 0.3) is 11.1 Å². The quantitative estimate of drug-likeness (QED) is 0.431. The highest BCUT2D eigenvalue weighted by Gasteiger charge is 2.50. The van der Waals surface area contributed by atoms with E-state index in [1.807, 2.05) is 43.3 Å². The van der Waals surface area contributed by atoms with Gasteiger partial charge in [0.1, 0.15) is 11.8 Å².